The van der Waals surface area contributed by atoms with Crippen LogP contribution < -0.4 is 5.01 Å². The van der Waals surface area contributed by atoms with Crippen molar-refractivity contribution in [1.82, 2.24) is 5.01 Å². The smallest absolute Gasteiger partial charge is 0.264 e. The van der Waals surface area contributed by atoms with Gasteiger partial charge in [0.1, 0.15) is 0 Å². The fourth-order valence-corrected chi connectivity index (χ4v) is 1.64. The summed E-state index contributed by atoms with van der Waals surface area (Å²) in [6.07, 6.45) is 4.61. The lowest BCUT2D eigenvalue weighted by Gasteiger charge is -2.24. The van der Waals surface area contributed by atoms with Crippen molar-refractivity contribution in [3.8, 4) is 0 Å². The topological polar surface area (TPSA) is 41.8 Å². The van der Waals surface area contributed by atoms with Gasteiger partial charge in [0, 0.05) is 12.2 Å². The molecule has 1 aliphatic heterocycles. The van der Waals surface area contributed by atoms with Crippen molar-refractivity contribution in [3.05, 3.63) is 12.2 Å². The maximum atomic E-state index is 11.4. The predicted molar refractivity (Wildman–Crippen MR) is 52.3 cm³/mol. The minimum absolute atomic E-state index is 0.188. The molecule has 0 bridgehead atoms. The molecule has 0 saturated heterocycles. The molecule has 2 amide bonds. The molecule has 0 aromatic carbocycles. The van der Waals surface area contributed by atoms with Crippen LogP contribution >= 0.6 is 0 Å². The van der Waals surface area contributed by atoms with Crippen LogP contribution in [0, 0.1) is 0 Å². The standard InChI is InChI=1S/C10H16N2O2/c1-3-7-11(8-4-2)12-9(13)5-6-10(12)14/h5-6H,3-4,7-8H2,1-2H3/p+1. The number of imide groups is 1. The molecular formula is C10H17N2O2+. The lowest BCUT2D eigenvalue weighted by molar-refractivity contribution is -0.990. The molecule has 1 heterocycles. The summed E-state index contributed by atoms with van der Waals surface area (Å²) in [5, 5.41) is 2.27. The Hall–Kier alpha value is -1.16. The van der Waals surface area contributed by atoms with Gasteiger partial charge in [0.05, 0.1) is 13.1 Å². The average Bonchev–Trinajstić information content (AvgIpc) is 2.46. The monoisotopic (exact) mass is 197 g/mol. The fourth-order valence-electron chi connectivity index (χ4n) is 1.64. The van der Waals surface area contributed by atoms with Crippen molar-refractivity contribution in [2.24, 2.45) is 0 Å². The number of rotatable bonds is 5. The first-order valence-electron chi connectivity index (χ1n) is 5.11. The Balaban J connectivity index is 2.67. The second kappa shape index (κ2) is 4.91. The molecule has 78 valence electrons. The molecule has 14 heavy (non-hydrogen) atoms. The molecule has 1 rings (SSSR count). The summed E-state index contributed by atoms with van der Waals surface area (Å²) in [6.45, 7) is 5.75. The van der Waals surface area contributed by atoms with Crippen molar-refractivity contribution in [1.29, 1.82) is 0 Å². The third kappa shape index (κ3) is 2.20. The normalized spacial score (nSPS) is 16.1. The third-order valence-corrected chi connectivity index (χ3v) is 2.20. The van der Waals surface area contributed by atoms with Crippen molar-refractivity contribution >= 4 is 11.8 Å². The summed E-state index contributed by atoms with van der Waals surface area (Å²) in [7, 11) is 0. The molecule has 0 aromatic heterocycles. The molecule has 0 saturated carbocycles. The molecule has 0 aromatic rings. The SMILES string of the molecule is CCC[NH+](CCC)N1C(=O)C=CC1=O. The number of nitrogens with zero attached hydrogens (tertiary/aromatic N) is 1. The van der Waals surface area contributed by atoms with Crippen LogP contribution in [0.1, 0.15) is 26.7 Å². The van der Waals surface area contributed by atoms with E-state index in [4.69, 9.17) is 0 Å². The van der Waals surface area contributed by atoms with E-state index < -0.39 is 0 Å². The number of carbonyl (C=O) groups is 2. The van der Waals surface area contributed by atoms with E-state index >= 15 is 0 Å². The zero-order chi connectivity index (χ0) is 10.6. The highest BCUT2D eigenvalue weighted by Crippen LogP contribution is 1.96. The van der Waals surface area contributed by atoms with Crippen LogP contribution in [-0.2, 0) is 9.59 Å². The largest absolute Gasteiger partial charge is 0.300 e. The first-order valence-corrected chi connectivity index (χ1v) is 5.11. The number of hydrogen-bond donors (Lipinski definition) is 1. The van der Waals surface area contributed by atoms with E-state index in [1.54, 1.807) is 0 Å². The number of nitrogens with one attached hydrogen (secondary N) is 1. The van der Waals surface area contributed by atoms with Crippen LogP contribution in [0.25, 0.3) is 0 Å². The summed E-state index contributed by atoms with van der Waals surface area (Å²) >= 11 is 0. The quantitative estimate of drug-likeness (QED) is 0.605. The van der Waals surface area contributed by atoms with Gasteiger partial charge in [-0.2, -0.15) is 0 Å². The van der Waals surface area contributed by atoms with Crippen LogP contribution in [-0.4, -0.2) is 29.9 Å². The number of carbonyl (C=O) groups excluding carboxylic acids is 2. The lowest BCUT2D eigenvalue weighted by atomic mass is 10.4. The number of hydrogen-bond acceptors (Lipinski definition) is 2. The van der Waals surface area contributed by atoms with Crippen molar-refractivity contribution in [3.63, 3.8) is 0 Å². The second-order valence-electron chi connectivity index (χ2n) is 3.41. The van der Waals surface area contributed by atoms with Gasteiger partial charge in [-0.25, -0.2) is 5.01 Å². The van der Waals surface area contributed by atoms with Crippen LogP contribution in [0.3, 0.4) is 0 Å². The molecule has 0 fully saturated rings. The first-order chi connectivity index (χ1) is 6.70. The van der Waals surface area contributed by atoms with Crippen LogP contribution in [0.2, 0.25) is 0 Å². The second-order valence-corrected chi connectivity index (χ2v) is 3.41. The van der Waals surface area contributed by atoms with Gasteiger partial charge < -0.3 is 0 Å². The molecular weight excluding hydrogens is 180 g/mol. The molecule has 0 unspecified atom stereocenters. The highest BCUT2D eigenvalue weighted by Gasteiger charge is 2.32. The molecule has 1 aliphatic rings. The van der Waals surface area contributed by atoms with Crippen LogP contribution in [0.4, 0.5) is 0 Å². The van der Waals surface area contributed by atoms with E-state index in [2.05, 4.69) is 0 Å². The molecule has 0 aliphatic carbocycles. The summed E-state index contributed by atoms with van der Waals surface area (Å²) < 4.78 is 0. The highest BCUT2D eigenvalue weighted by atomic mass is 16.2. The van der Waals surface area contributed by atoms with Gasteiger partial charge in [-0.15, -0.1) is 5.01 Å². The van der Waals surface area contributed by atoms with Gasteiger partial charge in [0.25, 0.3) is 11.8 Å². The van der Waals surface area contributed by atoms with E-state index in [-0.39, 0.29) is 11.8 Å². The molecule has 0 spiro atoms. The summed E-state index contributed by atoms with van der Waals surface area (Å²) in [6, 6.07) is 0. The number of quaternary nitrogens is 1. The van der Waals surface area contributed by atoms with Gasteiger partial charge in [-0.3, -0.25) is 9.59 Å². The first kappa shape index (κ1) is 10.9. The average molecular weight is 197 g/mol. The molecule has 4 nitrogen and oxygen atoms in total. The zero-order valence-electron chi connectivity index (χ0n) is 8.75. The van der Waals surface area contributed by atoms with Gasteiger partial charge in [0.15, 0.2) is 0 Å². The van der Waals surface area contributed by atoms with Gasteiger partial charge in [0.2, 0.25) is 0 Å². The Morgan fingerprint density at radius 1 is 1.07 bits per heavy atom. The Bertz CT molecular complexity index is 237. The molecule has 1 N–H and O–H groups in total. The zero-order valence-corrected chi connectivity index (χ0v) is 8.75. The number of amides is 2. The Morgan fingerprint density at radius 3 is 1.86 bits per heavy atom. The van der Waals surface area contributed by atoms with Gasteiger partial charge in [-0.05, 0) is 12.8 Å². The highest BCUT2D eigenvalue weighted by molar-refractivity contribution is 6.11. The van der Waals surface area contributed by atoms with E-state index in [1.807, 2.05) is 13.8 Å². The Labute approximate surface area is 84.1 Å². The van der Waals surface area contributed by atoms with E-state index in [1.165, 1.54) is 17.2 Å². The lowest BCUT2D eigenvalue weighted by Crippen LogP contribution is -3.19. The van der Waals surface area contributed by atoms with Crippen molar-refractivity contribution < 1.29 is 14.6 Å². The molecule has 0 atom stereocenters. The van der Waals surface area contributed by atoms with Gasteiger partial charge in [-0.1, -0.05) is 13.8 Å². The van der Waals surface area contributed by atoms with Crippen LogP contribution in [0.5, 0.6) is 0 Å². The fraction of sp³-hybridized carbons (Fsp3) is 0.600. The summed E-state index contributed by atoms with van der Waals surface area (Å²) in [4.78, 5) is 22.7. The minimum atomic E-state index is -0.188. The summed E-state index contributed by atoms with van der Waals surface area (Å²) in [5.41, 5.74) is 0. The summed E-state index contributed by atoms with van der Waals surface area (Å²) in [5.74, 6) is -0.376. The Kier molecular flexibility index (Phi) is 3.83. The Morgan fingerprint density at radius 2 is 1.50 bits per heavy atom. The predicted octanol–water partition coefficient (Wildman–Crippen LogP) is -0.469. The van der Waals surface area contributed by atoms with E-state index in [0.29, 0.717) is 0 Å². The maximum Gasteiger partial charge on any atom is 0.300 e. The van der Waals surface area contributed by atoms with E-state index in [0.717, 1.165) is 30.9 Å². The van der Waals surface area contributed by atoms with Crippen LogP contribution in [0.15, 0.2) is 12.2 Å². The van der Waals surface area contributed by atoms with Crippen molar-refractivity contribution in [2.45, 2.75) is 26.7 Å². The van der Waals surface area contributed by atoms with Gasteiger partial charge >= 0.3 is 0 Å². The minimum Gasteiger partial charge on any atom is -0.264 e. The van der Waals surface area contributed by atoms with E-state index in [9.17, 15) is 9.59 Å². The maximum absolute atomic E-state index is 11.4. The third-order valence-electron chi connectivity index (χ3n) is 2.20. The van der Waals surface area contributed by atoms with Crippen molar-refractivity contribution in [2.75, 3.05) is 13.1 Å². The molecule has 4 heteroatoms. The molecule has 0 radical (unpaired) electrons.